The van der Waals surface area contributed by atoms with E-state index >= 15 is 0 Å². The molecular formula is C20H21ClN2O4S2. The number of anilines is 2. The molecule has 9 heteroatoms. The maximum absolute atomic E-state index is 12.9. The van der Waals surface area contributed by atoms with Gasteiger partial charge in [-0.15, -0.1) is 11.8 Å². The van der Waals surface area contributed by atoms with E-state index in [1.165, 1.54) is 30.8 Å². The predicted molar refractivity (Wildman–Crippen MR) is 116 cm³/mol. The average Bonchev–Trinajstić information content (AvgIpc) is 2.64. The van der Waals surface area contributed by atoms with E-state index in [0.29, 0.717) is 16.4 Å². The van der Waals surface area contributed by atoms with Gasteiger partial charge in [0.1, 0.15) is 0 Å². The Labute approximate surface area is 179 Å². The summed E-state index contributed by atoms with van der Waals surface area (Å²) in [6, 6.07) is 9.72. The molecule has 0 radical (unpaired) electrons. The van der Waals surface area contributed by atoms with Gasteiger partial charge in [0.05, 0.1) is 21.1 Å². The Bertz CT molecular complexity index is 1090. The van der Waals surface area contributed by atoms with Crippen molar-refractivity contribution in [2.75, 3.05) is 10.6 Å². The van der Waals surface area contributed by atoms with Gasteiger partial charge < -0.3 is 10.6 Å². The van der Waals surface area contributed by atoms with Gasteiger partial charge in [0.15, 0.2) is 9.84 Å². The zero-order chi connectivity index (χ0) is 21.3. The van der Waals surface area contributed by atoms with Gasteiger partial charge in [-0.1, -0.05) is 11.6 Å². The van der Waals surface area contributed by atoms with Crippen molar-refractivity contribution in [3.63, 3.8) is 0 Å². The van der Waals surface area contributed by atoms with Crippen molar-refractivity contribution < 1.29 is 18.0 Å². The zero-order valence-electron chi connectivity index (χ0n) is 16.2. The van der Waals surface area contributed by atoms with Gasteiger partial charge in [0, 0.05) is 22.0 Å². The number of carbonyl (C=O) groups excluding carboxylic acids is 2. The van der Waals surface area contributed by atoms with Crippen molar-refractivity contribution >= 4 is 56.4 Å². The maximum Gasteiger partial charge on any atom is 0.237 e. The predicted octanol–water partition coefficient (Wildman–Crippen LogP) is 4.27. The van der Waals surface area contributed by atoms with E-state index in [9.17, 15) is 18.0 Å². The molecule has 0 bridgehead atoms. The molecule has 0 fully saturated rings. The van der Waals surface area contributed by atoms with Crippen LogP contribution in [-0.4, -0.2) is 30.7 Å². The Hall–Kier alpha value is -2.03. The molecular weight excluding hydrogens is 432 g/mol. The van der Waals surface area contributed by atoms with Crippen LogP contribution >= 0.6 is 23.4 Å². The summed E-state index contributed by atoms with van der Waals surface area (Å²) in [4.78, 5) is 25.2. The molecule has 2 N–H and O–H groups in total. The number of fused-ring (bicyclic) bond motifs is 1. The van der Waals surface area contributed by atoms with Crippen LogP contribution in [0.15, 0.2) is 46.2 Å². The number of aryl methyl sites for hydroxylation is 1. The van der Waals surface area contributed by atoms with E-state index in [4.69, 9.17) is 11.6 Å². The molecule has 2 aromatic carbocycles. The normalized spacial score (nSPS) is 17.2. The third-order valence-corrected chi connectivity index (χ3v) is 8.23. The van der Waals surface area contributed by atoms with Crippen molar-refractivity contribution in [2.24, 2.45) is 0 Å². The minimum absolute atomic E-state index is 0.0784. The number of benzene rings is 2. The third-order valence-electron chi connectivity index (χ3n) is 4.68. The highest BCUT2D eigenvalue weighted by atomic mass is 35.5. The maximum atomic E-state index is 12.9. The molecule has 0 saturated heterocycles. The largest absolute Gasteiger partial charge is 0.326 e. The lowest BCUT2D eigenvalue weighted by molar-refractivity contribution is -0.116. The molecule has 1 aliphatic rings. The van der Waals surface area contributed by atoms with Gasteiger partial charge >= 0.3 is 0 Å². The van der Waals surface area contributed by atoms with Crippen molar-refractivity contribution in [1.82, 2.24) is 0 Å². The molecule has 0 aromatic heterocycles. The highest BCUT2D eigenvalue weighted by molar-refractivity contribution is 8.01. The van der Waals surface area contributed by atoms with Crippen molar-refractivity contribution in [1.29, 1.82) is 0 Å². The van der Waals surface area contributed by atoms with Gasteiger partial charge in [0.25, 0.3) is 0 Å². The van der Waals surface area contributed by atoms with Crippen LogP contribution in [0.3, 0.4) is 0 Å². The van der Waals surface area contributed by atoms with E-state index in [2.05, 4.69) is 10.6 Å². The smallest absolute Gasteiger partial charge is 0.237 e. The second-order valence-electron chi connectivity index (χ2n) is 6.97. The SMILES string of the molecule is Cc1cc(Cl)ccc1NC(=O)C[C@H](C)S(=O)(=O)c1ccc2c(c1)NC(=O)[C@H](C)S2. The van der Waals surface area contributed by atoms with Crippen LogP contribution in [0.25, 0.3) is 0 Å². The summed E-state index contributed by atoms with van der Waals surface area (Å²) < 4.78 is 25.9. The lowest BCUT2D eigenvalue weighted by Crippen LogP contribution is -2.27. The molecule has 154 valence electrons. The first-order valence-electron chi connectivity index (χ1n) is 8.99. The number of rotatable bonds is 5. The first kappa shape index (κ1) is 21.7. The summed E-state index contributed by atoms with van der Waals surface area (Å²) in [5, 5.41) is 4.86. The van der Waals surface area contributed by atoms with Crippen LogP contribution < -0.4 is 10.6 Å². The Kier molecular flexibility index (Phi) is 6.26. The highest BCUT2D eigenvalue weighted by Crippen LogP contribution is 2.37. The highest BCUT2D eigenvalue weighted by Gasteiger charge is 2.29. The Morgan fingerprint density at radius 3 is 2.69 bits per heavy atom. The van der Waals surface area contributed by atoms with Crippen LogP contribution in [0.4, 0.5) is 11.4 Å². The number of carbonyl (C=O) groups is 2. The molecule has 29 heavy (non-hydrogen) atoms. The summed E-state index contributed by atoms with van der Waals surface area (Å²) in [7, 11) is -3.75. The van der Waals surface area contributed by atoms with Gasteiger partial charge in [-0.25, -0.2) is 8.42 Å². The number of thioether (sulfide) groups is 1. The quantitative estimate of drug-likeness (QED) is 0.706. The molecule has 3 rings (SSSR count). The summed E-state index contributed by atoms with van der Waals surface area (Å²) >= 11 is 7.29. The van der Waals surface area contributed by atoms with Crippen LogP contribution in [0.1, 0.15) is 25.8 Å². The molecule has 0 spiro atoms. The van der Waals surface area contributed by atoms with Crippen LogP contribution in [0.5, 0.6) is 0 Å². The second-order valence-corrected chi connectivity index (χ2v) is 11.2. The fourth-order valence-corrected chi connectivity index (χ4v) is 5.47. The van der Waals surface area contributed by atoms with E-state index in [1.807, 2.05) is 6.92 Å². The first-order chi connectivity index (χ1) is 13.6. The molecule has 1 heterocycles. The van der Waals surface area contributed by atoms with Crippen molar-refractivity contribution in [3.8, 4) is 0 Å². The number of halogens is 1. The van der Waals surface area contributed by atoms with Crippen LogP contribution in [0.2, 0.25) is 5.02 Å². The molecule has 2 amide bonds. The lowest BCUT2D eigenvalue weighted by atomic mass is 10.2. The fourth-order valence-electron chi connectivity index (χ4n) is 2.94. The number of amides is 2. The summed E-state index contributed by atoms with van der Waals surface area (Å²) in [5.41, 5.74) is 1.86. The van der Waals surface area contributed by atoms with Gasteiger partial charge in [-0.05, 0) is 62.7 Å². The number of nitrogens with one attached hydrogen (secondary N) is 2. The van der Waals surface area contributed by atoms with Crippen LogP contribution in [-0.2, 0) is 19.4 Å². The van der Waals surface area contributed by atoms with Gasteiger partial charge in [-0.2, -0.15) is 0 Å². The summed E-state index contributed by atoms with van der Waals surface area (Å²) in [6.07, 6.45) is -0.195. The van der Waals surface area contributed by atoms with E-state index in [0.717, 1.165) is 10.5 Å². The minimum atomic E-state index is -3.75. The van der Waals surface area contributed by atoms with E-state index in [1.54, 1.807) is 31.2 Å². The van der Waals surface area contributed by atoms with Crippen molar-refractivity contribution in [2.45, 2.75) is 47.5 Å². The molecule has 6 nitrogen and oxygen atoms in total. The topological polar surface area (TPSA) is 92.3 Å². The summed E-state index contributed by atoms with van der Waals surface area (Å²) in [6.45, 7) is 5.09. The van der Waals surface area contributed by atoms with E-state index in [-0.39, 0.29) is 22.5 Å². The Morgan fingerprint density at radius 1 is 1.28 bits per heavy atom. The fraction of sp³-hybridized carbons (Fsp3) is 0.300. The van der Waals surface area contributed by atoms with Crippen molar-refractivity contribution in [3.05, 3.63) is 47.0 Å². The molecule has 1 aliphatic heterocycles. The van der Waals surface area contributed by atoms with Gasteiger partial charge in [0.2, 0.25) is 11.8 Å². The minimum Gasteiger partial charge on any atom is -0.326 e. The first-order valence-corrected chi connectivity index (χ1v) is 11.8. The average molecular weight is 453 g/mol. The monoisotopic (exact) mass is 452 g/mol. The Morgan fingerprint density at radius 2 is 2.00 bits per heavy atom. The molecule has 0 saturated carbocycles. The second kappa shape index (κ2) is 8.38. The van der Waals surface area contributed by atoms with E-state index < -0.39 is 21.0 Å². The third kappa shape index (κ3) is 4.76. The molecule has 2 atom stereocenters. The lowest BCUT2D eigenvalue weighted by Gasteiger charge is -2.22. The molecule has 2 aromatic rings. The van der Waals surface area contributed by atoms with Gasteiger partial charge in [-0.3, -0.25) is 9.59 Å². The number of sulfone groups is 1. The van der Waals surface area contributed by atoms with Crippen LogP contribution in [0, 0.1) is 6.92 Å². The molecule has 0 aliphatic carbocycles. The zero-order valence-corrected chi connectivity index (χ0v) is 18.5. The number of hydrogen-bond acceptors (Lipinski definition) is 5. The Balaban J connectivity index is 1.74. The molecule has 0 unspecified atom stereocenters. The summed E-state index contributed by atoms with van der Waals surface area (Å²) in [5.74, 6) is -0.565. The number of hydrogen-bond donors (Lipinski definition) is 2. The standard InChI is InChI=1S/C20H21ClN2O4S2/c1-11-8-14(21)4-6-16(11)22-19(24)9-12(2)29(26,27)15-5-7-18-17(10-15)23-20(25)13(3)28-18/h4-8,10,12-13H,9H2,1-3H3,(H,22,24)(H,23,25)/t12-,13-/m0/s1.